The molecule has 1 fully saturated rings. The maximum atomic E-state index is 4.44. The number of para-hydroxylation sites is 1. The zero-order valence-corrected chi connectivity index (χ0v) is 11.4. The third-order valence-electron chi connectivity index (χ3n) is 3.42. The van der Waals surface area contributed by atoms with Gasteiger partial charge >= 0.3 is 0 Å². The molecule has 1 aliphatic carbocycles. The summed E-state index contributed by atoms with van der Waals surface area (Å²) in [6.45, 7) is 0. The summed E-state index contributed by atoms with van der Waals surface area (Å²) in [6, 6.07) is 8.38. The summed E-state index contributed by atoms with van der Waals surface area (Å²) in [5.41, 5.74) is 2.49. The Balaban J connectivity index is 2.00. The molecular formula is C14H17N3S. The second-order valence-corrected chi connectivity index (χ2v) is 5.75. The van der Waals surface area contributed by atoms with Gasteiger partial charge in [0.2, 0.25) is 4.80 Å². The van der Waals surface area contributed by atoms with Gasteiger partial charge in [0.1, 0.15) is 0 Å². The van der Waals surface area contributed by atoms with E-state index in [0.717, 1.165) is 17.6 Å². The van der Waals surface area contributed by atoms with Crippen LogP contribution in [-0.2, 0) is 7.05 Å². The first-order valence-corrected chi connectivity index (χ1v) is 7.30. The molecule has 4 heteroatoms. The molecule has 1 heterocycles. The summed E-state index contributed by atoms with van der Waals surface area (Å²) < 4.78 is 3.38. The first kappa shape index (κ1) is 11.7. The maximum absolute atomic E-state index is 4.44. The monoisotopic (exact) mass is 259 g/mol. The maximum Gasteiger partial charge on any atom is 0.211 e. The summed E-state index contributed by atoms with van der Waals surface area (Å²) >= 11 is 1.70. The van der Waals surface area contributed by atoms with Gasteiger partial charge in [0.15, 0.2) is 0 Å². The lowest BCUT2D eigenvalue weighted by atomic mass is 9.99. The summed E-state index contributed by atoms with van der Waals surface area (Å²) in [7, 11) is 2.05. The Morgan fingerprint density at radius 2 is 1.83 bits per heavy atom. The summed E-state index contributed by atoms with van der Waals surface area (Å²) in [5.74, 6) is 0. The van der Waals surface area contributed by atoms with Crippen LogP contribution in [-0.4, -0.2) is 10.3 Å². The second-order valence-electron chi connectivity index (χ2n) is 4.74. The van der Waals surface area contributed by atoms with Crippen LogP contribution < -0.4 is 4.80 Å². The molecule has 3 nitrogen and oxygen atoms in total. The standard InChI is InChI=1S/C14H17N3S/c1-17-12-9-5-6-10-13(12)18-14(17)16-15-11-7-3-2-4-8-11/h5-6,9-10H,2-4,7-8H2,1H3/b16-14+. The van der Waals surface area contributed by atoms with Crippen LogP contribution in [0.1, 0.15) is 32.1 Å². The highest BCUT2D eigenvalue weighted by Crippen LogP contribution is 2.16. The summed E-state index contributed by atoms with van der Waals surface area (Å²) in [4.78, 5) is 0.981. The van der Waals surface area contributed by atoms with E-state index in [1.807, 2.05) is 0 Å². The molecule has 0 radical (unpaired) electrons. The van der Waals surface area contributed by atoms with E-state index in [4.69, 9.17) is 0 Å². The number of nitrogens with zero attached hydrogens (tertiary/aromatic N) is 3. The predicted octanol–water partition coefficient (Wildman–Crippen LogP) is 3.46. The lowest BCUT2D eigenvalue weighted by Gasteiger charge is -2.09. The second kappa shape index (κ2) is 5.06. The lowest BCUT2D eigenvalue weighted by molar-refractivity contribution is 0.663. The Kier molecular flexibility index (Phi) is 3.28. The van der Waals surface area contributed by atoms with Gasteiger partial charge in [-0.15, -0.1) is 5.10 Å². The highest BCUT2D eigenvalue weighted by molar-refractivity contribution is 7.16. The van der Waals surface area contributed by atoms with E-state index in [-0.39, 0.29) is 0 Å². The van der Waals surface area contributed by atoms with Gasteiger partial charge in [-0.1, -0.05) is 29.9 Å². The molecule has 18 heavy (non-hydrogen) atoms. The minimum Gasteiger partial charge on any atom is -0.318 e. The summed E-state index contributed by atoms with van der Waals surface area (Å²) in [6.07, 6.45) is 6.13. The number of hydrogen-bond donors (Lipinski definition) is 0. The normalized spacial score (nSPS) is 17.4. The molecule has 0 amide bonds. The van der Waals surface area contributed by atoms with Crippen LogP contribution in [0.2, 0.25) is 0 Å². The number of thiazole rings is 1. The zero-order chi connectivity index (χ0) is 12.4. The van der Waals surface area contributed by atoms with Crippen LogP contribution >= 0.6 is 11.3 Å². The zero-order valence-electron chi connectivity index (χ0n) is 10.6. The fraction of sp³-hybridized carbons (Fsp3) is 0.429. The van der Waals surface area contributed by atoms with Crippen molar-refractivity contribution in [3.63, 3.8) is 0 Å². The molecule has 0 aliphatic heterocycles. The van der Waals surface area contributed by atoms with Crippen molar-refractivity contribution < 1.29 is 0 Å². The van der Waals surface area contributed by atoms with Crippen LogP contribution in [0.4, 0.5) is 0 Å². The van der Waals surface area contributed by atoms with Crippen molar-refractivity contribution >= 4 is 27.3 Å². The van der Waals surface area contributed by atoms with Crippen molar-refractivity contribution in [3.05, 3.63) is 29.1 Å². The molecule has 0 bridgehead atoms. The van der Waals surface area contributed by atoms with Gasteiger partial charge in [0, 0.05) is 12.8 Å². The Morgan fingerprint density at radius 1 is 1.06 bits per heavy atom. The van der Waals surface area contributed by atoms with Crippen LogP contribution in [0.15, 0.2) is 34.5 Å². The number of benzene rings is 1. The average Bonchev–Trinajstić information content (AvgIpc) is 2.75. The van der Waals surface area contributed by atoms with Crippen LogP contribution in [0.5, 0.6) is 0 Å². The van der Waals surface area contributed by atoms with Gasteiger partial charge in [-0.25, -0.2) is 0 Å². The lowest BCUT2D eigenvalue weighted by Crippen LogP contribution is -2.10. The highest BCUT2D eigenvalue weighted by atomic mass is 32.1. The number of aromatic nitrogens is 1. The largest absolute Gasteiger partial charge is 0.318 e. The van der Waals surface area contributed by atoms with Gasteiger partial charge in [-0.2, -0.15) is 5.10 Å². The van der Waals surface area contributed by atoms with Crippen LogP contribution in [0, 0.1) is 0 Å². The Bertz CT molecular complexity index is 640. The first-order valence-electron chi connectivity index (χ1n) is 6.48. The SMILES string of the molecule is Cn1/c(=N\N=C2CCCCC2)sc2ccccc21. The van der Waals surface area contributed by atoms with Gasteiger partial charge < -0.3 is 4.57 Å². The minimum atomic E-state index is 0.981. The van der Waals surface area contributed by atoms with Crippen molar-refractivity contribution in [1.82, 2.24) is 4.57 Å². The van der Waals surface area contributed by atoms with E-state index in [9.17, 15) is 0 Å². The number of fused-ring (bicyclic) bond motifs is 1. The molecule has 2 aromatic rings. The molecule has 1 aromatic heterocycles. The molecule has 0 atom stereocenters. The van der Waals surface area contributed by atoms with Crippen LogP contribution in [0.3, 0.4) is 0 Å². The highest BCUT2D eigenvalue weighted by Gasteiger charge is 2.06. The quantitative estimate of drug-likeness (QED) is 0.702. The Labute approximate surface area is 110 Å². The van der Waals surface area contributed by atoms with Crippen molar-refractivity contribution in [2.45, 2.75) is 32.1 Å². The van der Waals surface area contributed by atoms with Crippen molar-refractivity contribution in [3.8, 4) is 0 Å². The molecule has 0 unspecified atom stereocenters. The van der Waals surface area contributed by atoms with E-state index >= 15 is 0 Å². The van der Waals surface area contributed by atoms with Gasteiger partial charge in [-0.3, -0.25) is 0 Å². The molecule has 1 aliphatic rings. The Morgan fingerprint density at radius 3 is 2.61 bits per heavy atom. The number of hydrogen-bond acceptors (Lipinski definition) is 3. The van der Waals surface area contributed by atoms with Gasteiger partial charge in [0.05, 0.1) is 10.2 Å². The van der Waals surface area contributed by atoms with Gasteiger partial charge in [-0.05, 0) is 37.8 Å². The third-order valence-corrected chi connectivity index (χ3v) is 4.53. The van der Waals surface area contributed by atoms with E-state index in [1.165, 1.54) is 35.2 Å². The van der Waals surface area contributed by atoms with Gasteiger partial charge in [0.25, 0.3) is 0 Å². The third kappa shape index (κ3) is 2.25. The van der Waals surface area contributed by atoms with E-state index < -0.39 is 0 Å². The number of aryl methyl sites for hydroxylation is 1. The van der Waals surface area contributed by atoms with Crippen molar-refractivity contribution in [1.29, 1.82) is 0 Å². The van der Waals surface area contributed by atoms with E-state index in [2.05, 4.69) is 46.1 Å². The van der Waals surface area contributed by atoms with E-state index in [1.54, 1.807) is 11.3 Å². The number of rotatable bonds is 1. The average molecular weight is 259 g/mol. The molecule has 0 N–H and O–H groups in total. The van der Waals surface area contributed by atoms with Crippen molar-refractivity contribution in [2.24, 2.45) is 17.3 Å². The van der Waals surface area contributed by atoms with Crippen molar-refractivity contribution in [2.75, 3.05) is 0 Å². The molecule has 1 saturated carbocycles. The fourth-order valence-corrected chi connectivity index (χ4v) is 3.32. The minimum absolute atomic E-state index is 0.981. The first-order chi connectivity index (χ1) is 8.84. The Hall–Kier alpha value is -1.42. The topological polar surface area (TPSA) is 29.6 Å². The molecule has 1 aromatic carbocycles. The van der Waals surface area contributed by atoms with E-state index in [0.29, 0.717) is 0 Å². The van der Waals surface area contributed by atoms with Crippen LogP contribution in [0.25, 0.3) is 10.2 Å². The smallest absolute Gasteiger partial charge is 0.211 e. The molecule has 3 rings (SSSR count). The molecular weight excluding hydrogens is 242 g/mol. The summed E-state index contributed by atoms with van der Waals surface area (Å²) in [5, 5.41) is 8.88. The predicted molar refractivity (Wildman–Crippen MR) is 76.9 cm³/mol. The molecule has 94 valence electrons. The molecule has 0 saturated heterocycles. The fourth-order valence-electron chi connectivity index (χ4n) is 2.35. The molecule has 0 spiro atoms.